The van der Waals surface area contributed by atoms with E-state index in [4.69, 9.17) is 0 Å². The summed E-state index contributed by atoms with van der Waals surface area (Å²) in [4.78, 5) is 2.04. The molecule has 0 aliphatic heterocycles. The van der Waals surface area contributed by atoms with Gasteiger partial charge in [-0.25, -0.2) is 13.1 Å². The molecule has 1 fully saturated rings. The third-order valence-corrected chi connectivity index (χ3v) is 6.07. The van der Waals surface area contributed by atoms with Gasteiger partial charge in [0.1, 0.15) is 11.6 Å². The smallest absolute Gasteiger partial charge is 0.257 e. The molecule has 2 aromatic heterocycles. The lowest BCUT2D eigenvalue weighted by Crippen LogP contribution is -2.44. The lowest BCUT2D eigenvalue weighted by molar-refractivity contribution is 0.307. The van der Waals surface area contributed by atoms with Crippen LogP contribution in [0.25, 0.3) is 0 Å². The van der Waals surface area contributed by atoms with E-state index in [1.54, 1.807) is 0 Å². The Balaban J connectivity index is 1.62. The van der Waals surface area contributed by atoms with Crippen molar-refractivity contribution in [2.75, 3.05) is 14.1 Å². The highest BCUT2D eigenvalue weighted by atomic mass is 32.2. The van der Waals surface area contributed by atoms with E-state index in [1.165, 1.54) is 16.9 Å². The highest BCUT2D eigenvalue weighted by Gasteiger charge is 2.37. The quantitative estimate of drug-likeness (QED) is 0.757. The largest absolute Gasteiger partial charge is 0.317 e. The number of aromatic nitrogens is 5. The molecule has 9 nitrogen and oxygen atoms in total. The van der Waals surface area contributed by atoms with Gasteiger partial charge < -0.3 is 9.47 Å². The predicted molar refractivity (Wildman–Crippen MR) is 92.4 cm³/mol. The van der Waals surface area contributed by atoms with Gasteiger partial charge >= 0.3 is 0 Å². The summed E-state index contributed by atoms with van der Waals surface area (Å²) in [7, 11) is 2.40. The topological polar surface area (TPSA) is 97.9 Å². The molecule has 0 radical (unpaired) electrons. The molecule has 3 rings (SSSR count). The fourth-order valence-electron chi connectivity index (χ4n) is 3.14. The van der Waals surface area contributed by atoms with Crippen molar-refractivity contribution in [3.05, 3.63) is 23.9 Å². The molecule has 1 aliphatic rings. The van der Waals surface area contributed by atoms with Crippen LogP contribution < -0.4 is 4.72 Å². The van der Waals surface area contributed by atoms with Gasteiger partial charge in [-0.2, -0.15) is 5.10 Å². The molecular weight excluding hydrogens is 342 g/mol. The van der Waals surface area contributed by atoms with Crippen molar-refractivity contribution < 1.29 is 8.42 Å². The summed E-state index contributed by atoms with van der Waals surface area (Å²) < 4.78 is 31.3. The van der Waals surface area contributed by atoms with E-state index in [2.05, 4.69) is 20.0 Å². The molecule has 0 aromatic carbocycles. The maximum absolute atomic E-state index is 12.5. The average Bonchev–Trinajstić information content (AvgIpc) is 3.11. The molecule has 0 amide bonds. The van der Waals surface area contributed by atoms with Crippen molar-refractivity contribution in [1.82, 2.24) is 34.2 Å². The van der Waals surface area contributed by atoms with E-state index >= 15 is 0 Å². The molecule has 25 heavy (non-hydrogen) atoms. The Morgan fingerprint density at radius 2 is 2.04 bits per heavy atom. The summed E-state index contributed by atoms with van der Waals surface area (Å²) in [6, 6.07) is 1.45. The van der Waals surface area contributed by atoms with Gasteiger partial charge in [0.25, 0.3) is 10.0 Å². The van der Waals surface area contributed by atoms with Crippen molar-refractivity contribution in [2.24, 2.45) is 7.05 Å². The molecule has 1 N–H and O–H groups in total. The molecule has 0 unspecified atom stereocenters. The van der Waals surface area contributed by atoms with E-state index in [1.807, 2.05) is 37.5 Å². The number of sulfonamides is 1. The van der Waals surface area contributed by atoms with Gasteiger partial charge in [0, 0.05) is 25.6 Å². The second-order valence-electron chi connectivity index (χ2n) is 6.74. The standard InChI is InChI=1S/C15H25N7O2S/c1-5-22-14(6-7-16-22)25(23,24)19-12-8-11(9-12)15-18-17-13(21(15)4)10-20(2)3/h6-7,11-12,19H,5,8-10H2,1-4H3. The summed E-state index contributed by atoms with van der Waals surface area (Å²) in [6.45, 7) is 3.11. The highest BCUT2D eigenvalue weighted by Crippen LogP contribution is 2.36. The molecule has 0 atom stereocenters. The fraction of sp³-hybridized carbons (Fsp3) is 0.667. The van der Waals surface area contributed by atoms with Crippen LogP contribution in [0.2, 0.25) is 0 Å². The van der Waals surface area contributed by atoms with Gasteiger partial charge in [0.15, 0.2) is 5.03 Å². The molecule has 2 aromatic rings. The zero-order valence-electron chi connectivity index (χ0n) is 15.0. The summed E-state index contributed by atoms with van der Waals surface area (Å²) in [5, 5.41) is 12.8. The predicted octanol–water partition coefficient (Wildman–Crippen LogP) is 0.318. The minimum Gasteiger partial charge on any atom is -0.317 e. The number of nitrogens with one attached hydrogen (secondary N) is 1. The van der Waals surface area contributed by atoms with E-state index in [0.29, 0.717) is 6.54 Å². The molecule has 2 heterocycles. The van der Waals surface area contributed by atoms with Crippen LogP contribution in [0, 0.1) is 0 Å². The van der Waals surface area contributed by atoms with Crippen molar-refractivity contribution >= 4 is 10.0 Å². The Labute approximate surface area is 148 Å². The number of rotatable bonds is 7. The van der Waals surface area contributed by atoms with Gasteiger partial charge in [0.05, 0.1) is 12.7 Å². The number of hydrogen-bond acceptors (Lipinski definition) is 6. The number of hydrogen-bond donors (Lipinski definition) is 1. The molecule has 138 valence electrons. The third-order valence-electron chi connectivity index (χ3n) is 4.53. The first-order chi connectivity index (χ1) is 11.8. The minimum atomic E-state index is -3.55. The van der Waals surface area contributed by atoms with Crippen LogP contribution in [-0.2, 0) is 30.2 Å². The van der Waals surface area contributed by atoms with Gasteiger partial charge in [0.2, 0.25) is 0 Å². The summed E-state index contributed by atoms with van der Waals surface area (Å²) in [5.41, 5.74) is 0. The third kappa shape index (κ3) is 3.60. The fourth-order valence-corrected chi connectivity index (χ4v) is 4.59. The summed E-state index contributed by atoms with van der Waals surface area (Å²) in [5.74, 6) is 2.07. The first-order valence-corrected chi connectivity index (χ1v) is 9.87. The van der Waals surface area contributed by atoms with Crippen LogP contribution in [0.3, 0.4) is 0 Å². The minimum absolute atomic E-state index is 0.0794. The first-order valence-electron chi connectivity index (χ1n) is 8.38. The van der Waals surface area contributed by atoms with Gasteiger partial charge in [-0.15, -0.1) is 10.2 Å². The van der Waals surface area contributed by atoms with Crippen molar-refractivity contribution in [3.63, 3.8) is 0 Å². The van der Waals surface area contributed by atoms with Gasteiger partial charge in [-0.3, -0.25) is 4.68 Å². The van der Waals surface area contributed by atoms with E-state index in [-0.39, 0.29) is 17.0 Å². The Hall–Kier alpha value is -1.78. The monoisotopic (exact) mass is 367 g/mol. The molecule has 10 heteroatoms. The zero-order valence-corrected chi connectivity index (χ0v) is 15.9. The first kappa shape index (κ1) is 18.0. The molecule has 0 saturated heterocycles. The maximum atomic E-state index is 12.5. The maximum Gasteiger partial charge on any atom is 0.257 e. The van der Waals surface area contributed by atoms with Crippen LogP contribution >= 0.6 is 0 Å². The van der Waals surface area contributed by atoms with Crippen LogP contribution in [0.5, 0.6) is 0 Å². The Morgan fingerprint density at radius 1 is 1.32 bits per heavy atom. The number of aryl methyl sites for hydroxylation is 1. The molecule has 1 saturated carbocycles. The SMILES string of the molecule is CCn1nccc1S(=O)(=O)NC1CC(c2nnc(CN(C)C)n2C)C1. The second kappa shape index (κ2) is 6.85. The number of nitrogens with zero attached hydrogens (tertiary/aromatic N) is 6. The van der Waals surface area contributed by atoms with Gasteiger partial charge in [-0.05, 0) is 39.9 Å². The zero-order chi connectivity index (χ0) is 18.2. The van der Waals surface area contributed by atoms with Crippen LogP contribution in [0.1, 0.15) is 37.3 Å². The van der Waals surface area contributed by atoms with Crippen LogP contribution in [-0.4, -0.2) is 58.0 Å². The average molecular weight is 367 g/mol. The normalized spacial score (nSPS) is 20.8. The molecule has 1 aliphatic carbocycles. The summed E-state index contributed by atoms with van der Waals surface area (Å²) in [6.07, 6.45) is 2.97. The van der Waals surface area contributed by atoms with Gasteiger partial charge in [-0.1, -0.05) is 0 Å². The van der Waals surface area contributed by atoms with Crippen molar-refractivity contribution in [3.8, 4) is 0 Å². The van der Waals surface area contributed by atoms with Crippen LogP contribution in [0.15, 0.2) is 17.3 Å². The Kier molecular flexibility index (Phi) is 4.94. The lowest BCUT2D eigenvalue weighted by atomic mass is 9.80. The van der Waals surface area contributed by atoms with Crippen molar-refractivity contribution in [1.29, 1.82) is 0 Å². The molecule has 0 spiro atoms. The molecule has 0 bridgehead atoms. The van der Waals surface area contributed by atoms with Crippen LogP contribution in [0.4, 0.5) is 0 Å². The van der Waals surface area contributed by atoms with Crippen molar-refractivity contribution in [2.45, 2.75) is 49.8 Å². The highest BCUT2D eigenvalue weighted by molar-refractivity contribution is 7.89. The Morgan fingerprint density at radius 3 is 2.68 bits per heavy atom. The Bertz CT molecular complexity index is 834. The molecular formula is C15H25N7O2S. The van der Waals surface area contributed by atoms with E-state index in [9.17, 15) is 8.42 Å². The van der Waals surface area contributed by atoms with E-state index < -0.39 is 10.0 Å². The second-order valence-corrected chi connectivity index (χ2v) is 8.40. The lowest BCUT2D eigenvalue weighted by Gasteiger charge is -2.34. The summed E-state index contributed by atoms with van der Waals surface area (Å²) >= 11 is 0. The van der Waals surface area contributed by atoms with E-state index in [0.717, 1.165) is 31.0 Å².